The Bertz CT molecular complexity index is 376. The highest BCUT2D eigenvalue weighted by Gasteiger charge is 2.13. The number of ether oxygens (including phenoxy) is 1. The first-order valence-corrected chi connectivity index (χ1v) is 6.32. The second-order valence-electron chi connectivity index (χ2n) is 4.95. The van der Waals surface area contributed by atoms with Gasteiger partial charge in [-0.2, -0.15) is 0 Å². The highest BCUT2D eigenvalue weighted by molar-refractivity contribution is 5.38. The molecule has 1 aliphatic rings. The van der Waals surface area contributed by atoms with Crippen molar-refractivity contribution in [2.75, 3.05) is 27.2 Å². The van der Waals surface area contributed by atoms with Gasteiger partial charge < -0.3 is 15.4 Å². The topological polar surface area (TPSA) is 38.5 Å². The van der Waals surface area contributed by atoms with Gasteiger partial charge in [0.15, 0.2) is 0 Å². The minimum absolute atomic E-state index is 0.281. The van der Waals surface area contributed by atoms with Crippen molar-refractivity contribution in [1.29, 1.82) is 0 Å². The summed E-state index contributed by atoms with van der Waals surface area (Å²) in [4.78, 5) is 2.10. The van der Waals surface area contributed by atoms with E-state index in [0.717, 1.165) is 5.75 Å². The van der Waals surface area contributed by atoms with Gasteiger partial charge in [-0.1, -0.05) is 6.07 Å². The predicted molar refractivity (Wildman–Crippen MR) is 70.5 cm³/mol. The van der Waals surface area contributed by atoms with E-state index >= 15 is 0 Å². The molecule has 0 amide bonds. The van der Waals surface area contributed by atoms with Gasteiger partial charge in [-0.05, 0) is 56.6 Å². The van der Waals surface area contributed by atoms with Crippen molar-refractivity contribution in [3.8, 4) is 5.75 Å². The van der Waals surface area contributed by atoms with Crippen LogP contribution in [0.1, 0.15) is 17.5 Å². The van der Waals surface area contributed by atoms with E-state index in [1.807, 2.05) is 14.1 Å². The van der Waals surface area contributed by atoms with Crippen LogP contribution in [0.15, 0.2) is 18.2 Å². The van der Waals surface area contributed by atoms with Crippen LogP contribution in [0, 0.1) is 0 Å². The third-order valence-electron chi connectivity index (χ3n) is 3.51. The molecular weight excluding hydrogens is 212 g/mol. The molecule has 0 aromatic heterocycles. The molecule has 0 aliphatic heterocycles. The molecule has 2 N–H and O–H groups in total. The summed E-state index contributed by atoms with van der Waals surface area (Å²) < 4.78 is 5.82. The molecule has 2 rings (SSSR count). The van der Waals surface area contributed by atoms with E-state index in [2.05, 4.69) is 23.1 Å². The standard InChI is InChI=1S/C14H22N2O/c1-16(2)13(9-15)10-17-14-7-6-11-4-3-5-12(11)8-14/h6-8,13H,3-5,9-10,15H2,1-2H3. The largest absolute Gasteiger partial charge is 0.492 e. The molecule has 1 aromatic rings. The average Bonchev–Trinajstić information content (AvgIpc) is 2.76. The lowest BCUT2D eigenvalue weighted by Gasteiger charge is -2.22. The van der Waals surface area contributed by atoms with E-state index in [-0.39, 0.29) is 6.04 Å². The van der Waals surface area contributed by atoms with Crippen LogP contribution < -0.4 is 10.5 Å². The number of nitrogens with zero attached hydrogens (tertiary/aromatic N) is 1. The van der Waals surface area contributed by atoms with Gasteiger partial charge in [-0.25, -0.2) is 0 Å². The van der Waals surface area contributed by atoms with Crippen LogP contribution in [-0.4, -0.2) is 38.2 Å². The Morgan fingerprint density at radius 3 is 2.76 bits per heavy atom. The molecule has 0 radical (unpaired) electrons. The second kappa shape index (κ2) is 5.52. The third-order valence-corrected chi connectivity index (χ3v) is 3.51. The lowest BCUT2D eigenvalue weighted by molar-refractivity contribution is 0.190. The van der Waals surface area contributed by atoms with Gasteiger partial charge in [-0.3, -0.25) is 0 Å². The Balaban J connectivity index is 1.95. The third kappa shape index (κ3) is 2.99. The molecule has 3 heteroatoms. The summed E-state index contributed by atoms with van der Waals surface area (Å²) in [6.45, 7) is 1.28. The molecule has 1 unspecified atom stereocenters. The van der Waals surface area contributed by atoms with Crippen molar-refractivity contribution in [1.82, 2.24) is 4.90 Å². The van der Waals surface area contributed by atoms with Gasteiger partial charge in [-0.15, -0.1) is 0 Å². The number of nitrogens with two attached hydrogens (primary N) is 1. The van der Waals surface area contributed by atoms with Crippen LogP contribution >= 0.6 is 0 Å². The number of fused-ring (bicyclic) bond motifs is 1. The number of likely N-dealkylation sites (N-methyl/N-ethyl adjacent to an activating group) is 1. The van der Waals surface area contributed by atoms with Crippen LogP contribution in [-0.2, 0) is 12.8 Å². The van der Waals surface area contributed by atoms with Crippen LogP contribution in [0.5, 0.6) is 5.75 Å². The SMILES string of the molecule is CN(C)C(CN)COc1ccc2c(c1)CCC2. The van der Waals surface area contributed by atoms with Crippen LogP contribution in [0.3, 0.4) is 0 Å². The van der Waals surface area contributed by atoms with Crippen molar-refractivity contribution in [3.05, 3.63) is 29.3 Å². The van der Waals surface area contributed by atoms with Crippen molar-refractivity contribution in [3.63, 3.8) is 0 Å². The normalized spacial score (nSPS) is 16.0. The summed E-state index contributed by atoms with van der Waals surface area (Å²) >= 11 is 0. The summed E-state index contributed by atoms with van der Waals surface area (Å²) in [5.41, 5.74) is 8.65. The molecule has 17 heavy (non-hydrogen) atoms. The second-order valence-corrected chi connectivity index (χ2v) is 4.95. The molecule has 1 aromatic carbocycles. The monoisotopic (exact) mass is 234 g/mol. The maximum Gasteiger partial charge on any atom is 0.119 e. The summed E-state index contributed by atoms with van der Waals surface area (Å²) in [6, 6.07) is 6.74. The molecule has 1 atom stereocenters. The first-order chi connectivity index (χ1) is 8.20. The number of rotatable bonds is 5. The Kier molecular flexibility index (Phi) is 4.02. The summed E-state index contributed by atoms with van der Waals surface area (Å²) in [7, 11) is 4.06. The molecular formula is C14H22N2O. The van der Waals surface area contributed by atoms with E-state index in [9.17, 15) is 0 Å². The molecule has 1 aliphatic carbocycles. The molecule has 3 nitrogen and oxygen atoms in total. The molecule has 94 valence electrons. The molecule has 0 spiro atoms. The fourth-order valence-corrected chi connectivity index (χ4v) is 2.26. The van der Waals surface area contributed by atoms with Gasteiger partial charge in [0, 0.05) is 6.54 Å². The van der Waals surface area contributed by atoms with Gasteiger partial charge in [0.05, 0.1) is 6.04 Å². The molecule has 0 fully saturated rings. The van der Waals surface area contributed by atoms with Gasteiger partial charge >= 0.3 is 0 Å². The van der Waals surface area contributed by atoms with E-state index in [1.54, 1.807) is 0 Å². The van der Waals surface area contributed by atoms with Crippen molar-refractivity contribution < 1.29 is 4.74 Å². The van der Waals surface area contributed by atoms with Crippen LogP contribution in [0.2, 0.25) is 0 Å². The maximum absolute atomic E-state index is 5.82. The molecule has 0 saturated carbocycles. The number of hydrogen-bond donors (Lipinski definition) is 1. The Hall–Kier alpha value is -1.06. The van der Waals surface area contributed by atoms with E-state index in [1.165, 1.54) is 30.4 Å². The van der Waals surface area contributed by atoms with E-state index in [4.69, 9.17) is 10.5 Å². The summed E-state index contributed by atoms with van der Waals surface area (Å²) in [5.74, 6) is 0.978. The van der Waals surface area contributed by atoms with E-state index in [0.29, 0.717) is 13.2 Å². The smallest absolute Gasteiger partial charge is 0.119 e. The molecule has 0 bridgehead atoms. The first-order valence-electron chi connectivity index (χ1n) is 6.32. The zero-order valence-corrected chi connectivity index (χ0v) is 10.8. The predicted octanol–water partition coefficient (Wildman–Crippen LogP) is 1.44. The number of aryl methyl sites for hydroxylation is 2. The Morgan fingerprint density at radius 1 is 1.29 bits per heavy atom. The maximum atomic E-state index is 5.82. The van der Waals surface area contributed by atoms with Gasteiger partial charge in [0.25, 0.3) is 0 Å². The van der Waals surface area contributed by atoms with Crippen LogP contribution in [0.25, 0.3) is 0 Å². The number of benzene rings is 1. The number of hydrogen-bond acceptors (Lipinski definition) is 3. The zero-order valence-electron chi connectivity index (χ0n) is 10.8. The van der Waals surface area contributed by atoms with Crippen molar-refractivity contribution in [2.24, 2.45) is 5.73 Å². The lowest BCUT2D eigenvalue weighted by Crippen LogP contribution is -2.39. The van der Waals surface area contributed by atoms with Gasteiger partial charge in [0.1, 0.15) is 12.4 Å². The minimum atomic E-state index is 0.281. The highest BCUT2D eigenvalue weighted by atomic mass is 16.5. The van der Waals surface area contributed by atoms with Gasteiger partial charge in [0.2, 0.25) is 0 Å². The molecule has 0 saturated heterocycles. The van der Waals surface area contributed by atoms with Crippen molar-refractivity contribution in [2.45, 2.75) is 25.3 Å². The quantitative estimate of drug-likeness (QED) is 0.838. The molecule has 0 heterocycles. The zero-order chi connectivity index (χ0) is 12.3. The fourth-order valence-electron chi connectivity index (χ4n) is 2.26. The highest BCUT2D eigenvalue weighted by Crippen LogP contribution is 2.26. The fraction of sp³-hybridized carbons (Fsp3) is 0.571. The summed E-state index contributed by atoms with van der Waals surface area (Å²) in [5, 5.41) is 0. The lowest BCUT2D eigenvalue weighted by atomic mass is 10.1. The Labute approximate surface area is 104 Å². The minimum Gasteiger partial charge on any atom is -0.492 e. The first kappa shape index (κ1) is 12.4. The average molecular weight is 234 g/mol. The van der Waals surface area contributed by atoms with Crippen LogP contribution in [0.4, 0.5) is 0 Å². The Morgan fingerprint density at radius 2 is 2.06 bits per heavy atom. The van der Waals surface area contributed by atoms with Crippen molar-refractivity contribution >= 4 is 0 Å². The summed E-state index contributed by atoms with van der Waals surface area (Å²) in [6.07, 6.45) is 3.70. The van der Waals surface area contributed by atoms with E-state index < -0.39 is 0 Å².